The van der Waals surface area contributed by atoms with Crippen LogP contribution in [-0.4, -0.2) is 33.5 Å². The van der Waals surface area contributed by atoms with Gasteiger partial charge in [-0.1, -0.05) is 41.9 Å². The lowest BCUT2D eigenvalue weighted by Crippen LogP contribution is -2.36. The number of aliphatic hydroxyl groups excluding tert-OH is 1. The second-order valence-corrected chi connectivity index (χ2v) is 6.21. The van der Waals surface area contributed by atoms with Crippen molar-refractivity contribution >= 4 is 17.5 Å². The van der Waals surface area contributed by atoms with Crippen LogP contribution in [0.1, 0.15) is 41.3 Å². The molecule has 1 saturated heterocycles. The van der Waals surface area contributed by atoms with Crippen molar-refractivity contribution in [1.29, 1.82) is 0 Å². The molecule has 3 rings (SSSR count). The van der Waals surface area contributed by atoms with Crippen molar-refractivity contribution in [2.24, 2.45) is 0 Å². The molecule has 1 aliphatic rings. The Balaban J connectivity index is 1.71. The van der Waals surface area contributed by atoms with Gasteiger partial charge in [0.2, 0.25) is 0 Å². The van der Waals surface area contributed by atoms with Crippen LogP contribution in [0.4, 0.5) is 0 Å². The first kappa shape index (κ1) is 16.0. The smallest absolute Gasteiger partial charge is 0.254 e. The number of benzene rings is 1. The van der Waals surface area contributed by atoms with E-state index in [1.807, 2.05) is 35.2 Å². The molecule has 0 bridgehead atoms. The van der Waals surface area contributed by atoms with Gasteiger partial charge in [0.15, 0.2) is 0 Å². The molecule has 2 atom stereocenters. The quantitative estimate of drug-likeness (QED) is 0.873. The maximum absolute atomic E-state index is 12.7. The molecule has 4 nitrogen and oxygen atoms in total. The van der Waals surface area contributed by atoms with Crippen molar-refractivity contribution in [3.8, 4) is 0 Å². The number of hydrogen-bond acceptors (Lipinski definition) is 3. The molecule has 1 fully saturated rings. The summed E-state index contributed by atoms with van der Waals surface area (Å²) < 4.78 is 0. The molecule has 1 aliphatic heterocycles. The highest BCUT2D eigenvalue weighted by molar-refractivity contribution is 6.29. The van der Waals surface area contributed by atoms with E-state index in [4.69, 9.17) is 11.6 Å². The van der Waals surface area contributed by atoms with Gasteiger partial charge in [-0.25, -0.2) is 4.98 Å². The van der Waals surface area contributed by atoms with Gasteiger partial charge < -0.3 is 10.0 Å². The van der Waals surface area contributed by atoms with Crippen LogP contribution in [0, 0.1) is 0 Å². The zero-order chi connectivity index (χ0) is 16.2. The fraction of sp³-hybridized carbons (Fsp3) is 0.333. The summed E-state index contributed by atoms with van der Waals surface area (Å²) in [5.74, 6) is -0.0444. The lowest BCUT2D eigenvalue weighted by molar-refractivity contribution is 0.0667. The van der Waals surface area contributed by atoms with Crippen molar-refractivity contribution in [2.75, 3.05) is 6.54 Å². The Kier molecular flexibility index (Phi) is 4.94. The summed E-state index contributed by atoms with van der Waals surface area (Å²) in [4.78, 5) is 18.4. The molecule has 0 radical (unpaired) electrons. The monoisotopic (exact) mass is 330 g/mol. The molecular weight excluding hydrogens is 312 g/mol. The van der Waals surface area contributed by atoms with E-state index in [1.165, 1.54) is 0 Å². The van der Waals surface area contributed by atoms with Crippen LogP contribution in [0.25, 0.3) is 0 Å². The Hall–Kier alpha value is -1.91. The van der Waals surface area contributed by atoms with E-state index in [0.717, 1.165) is 18.4 Å². The average molecular weight is 331 g/mol. The van der Waals surface area contributed by atoms with Crippen LogP contribution in [-0.2, 0) is 0 Å². The van der Waals surface area contributed by atoms with Crippen molar-refractivity contribution < 1.29 is 9.90 Å². The van der Waals surface area contributed by atoms with E-state index in [0.29, 0.717) is 23.7 Å². The number of rotatable bonds is 4. The number of aliphatic hydroxyl groups is 1. The minimum absolute atomic E-state index is 0.0444. The lowest BCUT2D eigenvalue weighted by Gasteiger charge is -2.27. The number of carbonyl (C=O) groups is 1. The van der Waals surface area contributed by atoms with Crippen LogP contribution in [0.5, 0.6) is 0 Å². The highest BCUT2D eigenvalue weighted by Gasteiger charge is 2.31. The molecule has 0 spiro atoms. The third-order valence-corrected chi connectivity index (χ3v) is 4.50. The standard InChI is InChI=1S/C18H19ClN2O2/c19-17-11-14(8-9-20-17)18(23)21-10-4-7-15(21)12-16(22)13-5-2-1-3-6-13/h1-3,5-6,8-9,11,15-16,22H,4,7,10,12H2/t15-,16+/m1/s1. The number of likely N-dealkylation sites (tertiary alicyclic amines) is 1. The van der Waals surface area contributed by atoms with Gasteiger partial charge in [-0.3, -0.25) is 4.79 Å². The van der Waals surface area contributed by atoms with Crippen LogP contribution in [0.2, 0.25) is 5.15 Å². The third kappa shape index (κ3) is 3.71. The maximum Gasteiger partial charge on any atom is 0.254 e. The molecule has 2 heterocycles. The second kappa shape index (κ2) is 7.11. The van der Waals surface area contributed by atoms with E-state index < -0.39 is 6.10 Å². The second-order valence-electron chi connectivity index (χ2n) is 5.82. The van der Waals surface area contributed by atoms with Crippen LogP contribution < -0.4 is 0 Å². The molecule has 23 heavy (non-hydrogen) atoms. The first-order chi connectivity index (χ1) is 11.1. The fourth-order valence-corrected chi connectivity index (χ4v) is 3.29. The largest absolute Gasteiger partial charge is 0.388 e. The van der Waals surface area contributed by atoms with Gasteiger partial charge in [0, 0.05) is 24.3 Å². The molecule has 0 aliphatic carbocycles. The van der Waals surface area contributed by atoms with Crippen LogP contribution in [0.3, 0.4) is 0 Å². The van der Waals surface area contributed by atoms with E-state index >= 15 is 0 Å². The molecule has 1 aromatic heterocycles. The molecule has 2 aromatic rings. The summed E-state index contributed by atoms with van der Waals surface area (Å²) in [7, 11) is 0. The van der Waals surface area contributed by atoms with E-state index in [-0.39, 0.29) is 11.9 Å². The molecule has 0 saturated carbocycles. The molecule has 5 heteroatoms. The number of carbonyl (C=O) groups excluding carboxylic acids is 1. The minimum atomic E-state index is -0.560. The lowest BCUT2D eigenvalue weighted by atomic mass is 10.0. The number of amides is 1. The number of hydrogen-bond donors (Lipinski definition) is 1. The Bertz CT molecular complexity index is 678. The van der Waals surface area contributed by atoms with E-state index in [2.05, 4.69) is 4.98 Å². The van der Waals surface area contributed by atoms with Crippen molar-refractivity contribution in [3.63, 3.8) is 0 Å². The summed E-state index contributed by atoms with van der Waals surface area (Å²) in [5.41, 5.74) is 1.44. The van der Waals surface area contributed by atoms with Crippen molar-refractivity contribution in [3.05, 3.63) is 64.9 Å². The molecule has 1 amide bonds. The van der Waals surface area contributed by atoms with Gasteiger partial charge in [0.25, 0.3) is 5.91 Å². The number of halogens is 1. The summed E-state index contributed by atoms with van der Waals surface area (Å²) >= 11 is 5.87. The third-order valence-electron chi connectivity index (χ3n) is 4.29. The SMILES string of the molecule is O=C(c1ccnc(Cl)c1)N1CCC[C@@H]1C[C@H](O)c1ccccc1. The Morgan fingerprint density at radius 1 is 1.35 bits per heavy atom. The first-order valence-electron chi connectivity index (χ1n) is 7.80. The fourth-order valence-electron chi connectivity index (χ4n) is 3.12. The molecule has 0 unspecified atom stereocenters. The predicted molar refractivity (Wildman–Crippen MR) is 89.3 cm³/mol. The maximum atomic E-state index is 12.7. The van der Waals surface area contributed by atoms with Crippen molar-refractivity contribution in [1.82, 2.24) is 9.88 Å². The summed E-state index contributed by atoms with van der Waals surface area (Å²) in [6.45, 7) is 0.713. The zero-order valence-electron chi connectivity index (χ0n) is 12.7. The molecule has 1 aromatic carbocycles. The molecule has 1 N–H and O–H groups in total. The number of nitrogens with zero attached hydrogens (tertiary/aromatic N) is 2. The highest BCUT2D eigenvalue weighted by atomic mass is 35.5. The van der Waals surface area contributed by atoms with Gasteiger partial charge in [0.1, 0.15) is 5.15 Å². The van der Waals surface area contributed by atoms with Gasteiger partial charge in [-0.15, -0.1) is 0 Å². The van der Waals surface area contributed by atoms with Gasteiger partial charge in [-0.05, 0) is 37.0 Å². The summed E-state index contributed by atoms with van der Waals surface area (Å²) in [6, 6.07) is 12.9. The zero-order valence-corrected chi connectivity index (χ0v) is 13.5. The molecular formula is C18H19ClN2O2. The summed E-state index contributed by atoms with van der Waals surface area (Å²) in [6.07, 6.45) is 3.40. The Morgan fingerprint density at radius 2 is 2.13 bits per heavy atom. The molecule has 120 valence electrons. The average Bonchev–Trinajstić information content (AvgIpc) is 3.03. The highest BCUT2D eigenvalue weighted by Crippen LogP contribution is 2.28. The van der Waals surface area contributed by atoms with Gasteiger partial charge in [0.05, 0.1) is 6.10 Å². The van der Waals surface area contributed by atoms with Crippen LogP contribution >= 0.6 is 11.6 Å². The van der Waals surface area contributed by atoms with Gasteiger partial charge >= 0.3 is 0 Å². The first-order valence-corrected chi connectivity index (χ1v) is 8.18. The topological polar surface area (TPSA) is 53.4 Å². The predicted octanol–water partition coefficient (Wildman–Crippen LogP) is 3.46. The number of aromatic nitrogens is 1. The number of pyridine rings is 1. The Morgan fingerprint density at radius 3 is 2.87 bits per heavy atom. The minimum Gasteiger partial charge on any atom is -0.388 e. The normalized spacial score (nSPS) is 18.9. The van der Waals surface area contributed by atoms with Crippen molar-refractivity contribution in [2.45, 2.75) is 31.4 Å². The Labute approximate surface area is 140 Å². The van der Waals surface area contributed by atoms with Crippen LogP contribution in [0.15, 0.2) is 48.7 Å². The van der Waals surface area contributed by atoms with E-state index in [1.54, 1.807) is 18.3 Å². The van der Waals surface area contributed by atoms with Gasteiger partial charge in [-0.2, -0.15) is 0 Å². The summed E-state index contributed by atoms with van der Waals surface area (Å²) in [5, 5.41) is 10.7. The van der Waals surface area contributed by atoms with E-state index in [9.17, 15) is 9.90 Å².